The molecule has 0 spiro atoms. The van der Waals surface area contributed by atoms with Crippen LogP contribution in [0.1, 0.15) is 19.3 Å². The Labute approximate surface area is 123 Å². The number of hydrogen-bond donors (Lipinski definition) is 2. The van der Waals surface area contributed by atoms with Crippen molar-refractivity contribution >= 4 is 17.9 Å². The predicted octanol–water partition coefficient (Wildman–Crippen LogP) is -0.508. The van der Waals surface area contributed by atoms with Crippen molar-refractivity contribution in [2.45, 2.75) is 31.3 Å². The number of likely N-dealkylation sites (N-methyl/N-ethyl adjacent to an activating group) is 1. The van der Waals surface area contributed by atoms with Gasteiger partial charge in [-0.1, -0.05) is 0 Å². The van der Waals surface area contributed by atoms with E-state index in [0.717, 1.165) is 12.8 Å². The van der Waals surface area contributed by atoms with E-state index in [1.165, 1.54) is 16.8 Å². The second kappa shape index (κ2) is 6.75. The first-order valence-electron chi connectivity index (χ1n) is 7.15. The van der Waals surface area contributed by atoms with E-state index in [-0.39, 0.29) is 18.5 Å². The molecular formula is C13H21N3O5. The fourth-order valence-corrected chi connectivity index (χ4v) is 2.80. The topological polar surface area (TPSA) is 99.2 Å². The molecular weight excluding hydrogens is 278 g/mol. The Morgan fingerprint density at radius 1 is 1.14 bits per heavy atom. The van der Waals surface area contributed by atoms with Crippen LogP contribution in [0.3, 0.4) is 0 Å². The summed E-state index contributed by atoms with van der Waals surface area (Å²) in [6, 6.07) is -1.90. The first-order chi connectivity index (χ1) is 10.1. The van der Waals surface area contributed by atoms with Gasteiger partial charge in [-0.25, -0.2) is 9.59 Å². The Balaban J connectivity index is 2.15. The van der Waals surface area contributed by atoms with Crippen LogP contribution in [0.2, 0.25) is 0 Å². The van der Waals surface area contributed by atoms with Crippen molar-refractivity contribution in [2.24, 2.45) is 0 Å². The van der Waals surface area contributed by atoms with Crippen LogP contribution in [-0.2, 0) is 14.3 Å². The van der Waals surface area contributed by atoms with Crippen LogP contribution in [0.25, 0.3) is 0 Å². The number of nitrogens with zero attached hydrogens (tertiary/aromatic N) is 2. The van der Waals surface area contributed by atoms with E-state index in [9.17, 15) is 19.5 Å². The number of carboxylic acid groups (broad SMARTS) is 1. The van der Waals surface area contributed by atoms with Crippen molar-refractivity contribution in [1.82, 2.24) is 15.1 Å². The van der Waals surface area contributed by atoms with Gasteiger partial charge in [0.15, 0.2) is 0 Å². The molecule has 0 bridgehead atoms. The van der Waals surface area contributed by atoms with Crippen molar-refractivity contribution in [3.63, 3.8) is 0 Å². The molecule has 2 N–H and O–H groups in total. The Morgan fingerprint density at radius 2 is 1.86 bits per heavy atom. The van der Waals surface area contributed by atoms with Gasteiger partial charge in [0, 0.05) is 20.1 Å². The fourth-order valence-electron chi connectivity index (χ4n) is 2.80. The van der Waals surface area contributed by atoms with Gasteiger partial charge < -0.3 is 25.0 Å². The second-order valence-corrected chi connectivity index (χ2v) is 5.22. The molecule has 2 saturated heterocycles. The van der Waals surface area contributed by atoms with Crippen LogP contribution in [0.4, 0.5) is 4.79 Å². The Morgan fingerprint density at radius 3 is 2.52 bits per heavy atom. The van der Waals surface area contributed by atoms with E-state index < -0.39 is 18.1 Å². The summed E-state index contributed by atoms with van der Waals surface area (Å²) in [5, 5.41) is 11.8. The van der Waals surface area contributed by atoms with Gasteiger partial charge in [-0.2, -0.15) is 0 Å². The standard InChI is InChI=1S/C13H21N3O5/c1-14-11(17)10-8-21-7-6-16(10)13(20)15-5-3-2-4-9(15)12(18)19/h9-10H,2-8H2,1H3,(H,14,17)(H,18,19). The summed E-state index contributed by atoms with van der Waals surface area (Å²) in [6.07, 6.45) is 2.03. The molecule has 8 heteroatoms. The van der Waals surface area contributed by atoms with E-state index in [1.54, 1.807) is 0 Å². The van der Waals surface area contributed by atoms with Crippen molar-refractivity contribution < 1.29 is 24.2 Å². The highest BCUT2D eigenvalue weighted by Gasteiger charge is 2.39. The van der Waals surface area contributed by atoms with E-state index in [4.69, 9.17) is 4.74 Å². The highest BCUT2D eigenvalue weighted by molar-refractivity contribution is 5.89. The second-order valence-electron chi connectivity index (χ2n) is 5.22. The van der Waals surface area contributed by atoms with Gasteiger partial charge >= 0.3 is 12.0 Å². The average Bonchev–Trinajstić information content (AvgIpc) is 2.53. The number of aliphatic carboxylic acids is 1. The quantitative estimate of drug-likeness (QED) is 0.715. The highest BCUT2D eigenvalue weighted by atomic mass is 16.5. The number of ether oxygens (including phenoxy) is 1. The van der Waals surface area contributed by atoms with Gasteiger partial charge in [0.2, 0.25) is 5.91 Å². The zero-order valence-corrected chi connectivity index (χ0v) is 12.1. The van der Waals surface area contributed by atoms with Gasteiger partial charge in [-0.3, -0.25) is 4.79 Å². The minimum absolute atomic E-state index is 0.136. The third-order valence-electron chi connectivity index (χ3n) is 3.96. The lowest BCUT2D eigenvalue weighted by atomic mass is 10.0. The van der Waals surface area contributed by atoms with Crippen LogP contribution in [-0.4, -0.2) is 78.2 Å². The number of hydrogen-bond acceptors (Lipinski definition) is 4. The molecule has 0 radical (unpaired) electrons. The molecule has 0 aromatic heterocycles. The molecule has 2 aliphatic rings. The van der Waals surface area contributed by atoms with E-state index in [1.807, 2.05) is 0 Å². The normalized spacial score (nSPS) is 26.3. The number of carboxylic acids is 1. The molecule has 0 saturated carbocycles. The van der Waals surface area contributed by atoms with Gasteiger partial charge in [0.1, 0.15) is 12.1 Å². The third kappa shape index (κ3) is 3.26. The number of rotatable bonds is 2. The summed E-state index contributed by atoms with van der Waals surface area (Å²) in [6.45, 7) is 1.19. The van der Waals surface area contributed by atoms with Crippen LogP contribution in [0.5, 0.6) is 0 Å². The SMILES string of the molecule is CNC(=O)C1COCCN1C(=O)N1CCCCC1C(=O)O. The largest absolute Gasteiger partial charge is 0.480 e. The summed E-state index contributed by atoms with van der Waals surface area (Å²) >= 11 is 0. The number of carbonyl (C=O) groups is 3. The van der Waals surface area contributed by atoms with Gasteiger partial charge in [0.05, 0.1) is 13.2 Å². The lowest BCUT2D eigenvalue weighted by molar-refractivity contribution is -0.143. The molecule has 118 valence electrons. The molecule has 21 heavy (non-hydrogen) atoms. The Hall–Kier alpha value is -1.83. The van der Waals surface area contributed by atoms with Gasteiger partial charge in [-0.05, 0) is 19.3 Å². The molecule has 2 rings (SSSR count). The smallest absolute Gasteiger partial charge is 0.326 e. The first kappa shape index (κ1) is 15.6. The molecule has 2 unspecified atom stereocenters. The van der Waals surface area contributed by atoms with E-state index in [2.05, 4.69) is 5.32 Å². The minimum atomic E-state index is -0.993. The zero-order valence-electron chi connectivity index (χ0n) is 12.1. The molecule has 0 aromatic carbocycles. The van der Waals surface area contributed by atoms with Crippen molar-refractivity contribution in [3.8, 4) is 0 Å². The minimum Gasteiger partial charge on any atom is -0.480 e. The lowest BCUT2D eigenvalue weighted by Gasteiger charge is -2.41. The molecule has 0 aromatic rings. The monoisotopic (exact) mass is 299 g/mol. The maximum atomic E-state index is 12.7. The Kier molecular flexibility index (Phi) is 5.00. The van der Waals surface area contributed by atoms with Crippen LogP contribution in [0.15, 0.2) is 0 Å². The zero-order chi connectivity index (χ0) is 15.4. The number of piperidine rings is 1. The van der Waals surface area contributed by atoms with Crippen LogP contribution < -0.4 is 5.32 Å². The maximum absolute atomic E-state index is 12.7. The van der Waals surface area contributed by atoms with Crippen molar-refractivity contribution in [3.05, 3.63) is 0 Å². The molecule has 2 atom stereocenters. The summed E-state index contributed by atoms with van der Waals surface area (Å²) in [7, 11) is 1.50. The van der Waals surface area contributed by atoms with Gasteiger partial charge in [-0.15, -0.1) is 0 Å². The number of nitrogens with one attached hydrogen (secondary N) is 1. The maximum Gasteiger partial charge on any atom is 0.326 e. The average molecular weight is 299 g/mol. The number of carbonyl (C=O) groups excluding carboxylic acids is 2. The molecule has 3 amide bonds. The summed E-state index contributed by atoms with van der Waals surface area (Å²) < 4.78 is 5.26. The van der Waals surface area contributed by atoms with Crippen LogP contribution >= 0.6 is 0 Å². The molecule has 2 fully saturated rings. The van der Waals surface area contributed by atoms with Gasteiger partial charge in [0.25, 0.3) is 0 Å². The Bertz CT molecular complexity index is 428. The van der Waals surface area contributed by atoms with E-state index in [0.29, 0.717) is 26.1 Å². The summed E-state index contributed by atoms with van der Waals surface area (Å²) in [5.41, 5.74) is 0. The molecule has 2 heterocycles. The number of likely N-dealkylation sites (tertiary alicyclic amines) is 1. The van der Waals surface area contributed by atoms with Crippen molar-refractivity contribution in [1.29, 1.82) is 0 Å². The number of urea groups is 1. The molecule has 8 nitrogen and oxygen atoms in total. The fraction of sp³-hybridized carbons (Fsp3) is 0.769. The number of amides is 3. The highest BCUT2D eigenvalue weighted by Crippen LogP contribution is 2.21. The predicted molar refractivity (Wildman–Crippen MR) is 72.8 cm³/mol. The van der Waals surface area contributed by atoms with Crippen LogP contribution in [0, 0.1) is 0 Å². The van der Waals surface area contributed by atoms with E-state index >= 15 is 0 Å². The number of morpholine rings is 1. The lowest BCUT2D eigenvalue weighted by Crippen LogP contribution is -2.61. The molecule has 2 aliphatic heterocycles. The summed E-state index contributed by atoms with van der Waals surface area (Å²) in [4.78, 5) is 38.6. The first-order valence-corrected chi connectivity index (χ1v) is 7.15. The molecule has 0 aliphatic carbocycles. The van der Waals surface area contributed by atoms with Crippen molar-refractivity contribution in [2.75, 3.05) is 33.4 Å². The summed E-state index contributed by atoms with van der Waals surface area (Å²) in [5.74, 6) is -1.29. The third-order valence-corrected chi connectivity index (χ3v) is 3.96.